The molecular weight excluding hydrogens is 458 g/mol. The molecule has 3 aromatic rings. The van der Waals surface area contributed by atoms with Crippen molar-refractivity contribution >= 4 is 39.1 Å². The molecule has 2 amide bonds. The van der Waals surface area contributed by atoms with Gasteiger partial charge in [0.2, 0.25) is 5.91 Å². The average molecular weight is 494 g/mol. The minimum Gasteiger partial charge on any atom is -0.494 e. The lowest BCUT2D eigenvalue weighted by Crippen LogP contribution is -2.65. The number of ether oxygens (including phenoxy) is 1. The van der Waals surface area contributed by atoms with Gasteiger partial charge in [-0.3, -0.25) is 14.5 Å². The summed E-state index contributed by atoms with van der Waals surface area (Å²) >= 11 is 1.73. The van der Waals surface area contributed by atoms with E-state index in [-0.39, 0.29) is 17.9 Å². The van der Waals surface area contributed by atoms with Crippen LogP contribution in [0.15, 0.2) is 36.4 Å². The number of hydrogen-bond acceptors (Lipinski definition) is 4. The molecule has 186 valence electrons. The van der Waals surface area contributed by atoms with Gasteiger partial charge in [-0.2, -0.15) is 0 Å². The fraction of sp³-hybridized carbons (Fsp3) is 0.500. The normalized spacial score (nSPS) is 21.1. The predicted octanol–water partition coefficient (Wildman–Crippen LogP) is 5.92. The molecule has 1 aromatic carbocycles. The molecule has 1 unspecified atom stereocenters. The second-order valence-electron chi connectivity index (χ2n) is 9.93. The number of amides is 2. The van der Waals surface area contributed by atoms with E-state index in [9.17, 15) is 9.59 Å². The summed E-state index contributed by atoms with van der Waals surface area (Å²) in [6, 6.07) is 11.8. The number of aryl methyl sites for hydroxylation is 1. The largest absolute Gasteiger partial charge is 0.494 e. The first kappa shape index (κ1) is 23.9. The number of hydrogen-bond donors (Lipinski definition) is 1. The van der Waals surface area contributed by atoms with Crippen molar-refractivity contribution in [2.24, 2.45) is 0 Å². The molecule has 35 heavy (non-hydrogen) atoms. The minimum atomic E-state index is -1.05. The van der Waals surface area contributed by atoms with E-state index >= 15 is 0 Å². The lowest BCUT2D eigenvalue weighted by molar-refractivity contribution is -0.127. The molecule has 1 atom stereocenters. The third-order valence-electron chi connectivity index (χ3n) is 7.46. The van der Waals surface area contributed by atoms with Gasteiger partial charge in [0.1, 0.15) is 17.0 Å². The number of thiophene rings is 1. The number of aromatic nitrogens is 1. The van der Waals surface area contributed by atoms with Crippen LogP contribution in [0.3, 0.4) is 0 Å². The predicted molar refractivity (Wildman–Crippen MR) is 142 cm³/mol. The fourth-order valence-electron chi connectivity index (χ4n) is 5.53. The van der Waals surface area contributed by atoms with E-state index in [1.54, 1.807) is 16.2 Å². The van der Waals surface area contributed by atoms with Crippen molar-refractivity contribution in [2.45, 2.75) is 83.8 Å². The van der Waals surface area contributed by atoms with E-state index in [0.717, 1.165) is 48.1 Å². The summed E-state index contributed by atoms with van der Waals surface area (Å²) in [6.07, 6.45) is 7.69. The molecule has 2 aromatic heterocycles. The van der Waals surface area contributed by atoms with Crippen molar-refractivity contribution in [1.82, 2.24) is 9.88 Å². The number of benzene rings is 1. The summed E-state index contributed by atoms with van der Waals surface area (Å²) in [6.45, 7) is 7.00. The molecule has 5 rings (SSSR count). The van der Waals surface area contributed by atoms with Crippen LogP contribution in [0.25, 0.3) is 10.2 Å². The Labute approximate surface area is 211 Å². The lowest BCUT2D eigenvalue weighted by atomic mass is 9.92. The maximum absolute atomic E-state index is 14.0. The van der Waals surface area contributed by atoms with Crippen LogP contribution in [0.4, 0.5) is 5.69 Å². The van der Waals surface area contributed by atoms with Gasteiger partial charge >= 0.3 is 0 Å². The number of fused-ring (bicyclic) bond motifs is 3. The number of nitrogens with zero attached hydrogens (tertiary/aromatic N) is 2. The Morgan fingerprint density at radius 3 is 2.49 bits per heavy atom. The smallest absolute Gasteiger partial charge is 0.275 e. The second-order valence-corrected chi connectivity index (χ2v) is 11.1. The van der Waals surface area contributed by atoms with Crippen molar-refractivity contribution in [3.8, 4) is 5.75 Å². The van der Waals surface area contributed by atoms with Gasteiger partial charge in [-0.15, -0.1) is 11.3 Å². The zero-order valence-electron chi connectivity index (χ0n) is 20.9. The topological polar surface area (TPSA) is 63.6 Å². The molecule has 2 aliphatic rings. The molecule has 1 N–H and O–H groups in total. The minimum absolute atomic E-state index is 0.0786. The Balaban J connectivity index is 1.56. The van der Waals surface area contributed by atoms with Gasteiger partial charge in [0.25, 0.3) is 5.91 Å². The van der Waals surface area contributed by atoms with Gasteiger partial charge in [-0.25, -0.2) is 0 Å². The van der Waals surface area contributed by atoms with Crippen molar-refractivity contribution < 1.29 is 14.3 Å². The quantitative estimate of drug-likeness (QED) is 0.434. The number of rotatable bonds is 6. The third kappa shape index (κ3) is 4.35. The molecule has 3 heterocycles. The van der Waals surface area contributed by atoms with E-state index in [4.69, 9.17) is 4.74 Å². The van der Waals surface area contributed by atoms with Crippen LogP contribution in [0.1, 0.15) is 74.7 Å². The molecule has 7 heteroatoms. The van der Waals surface area contributed by atoms with Crippen molar-refractivity contribution in [3.05, 3.63) is 47.0 Å². The van der Waals surface area contributed by atoms with Crippen LogP contribution < -0.4 is 15.0 Å². The molecule has 1 saturated carbocycles. The number of carbonyl (C=O) groups excluding carboxylic acids is 2. The molecule has 0 radical (unpaired) electrons. The van der Waals surface area contributed by atoms with E-state index in [1.165, 1.54) is 17.7 Å². The first-order valence-electron chi connectivity index (χ1n) is 12.9. The summed E-state index contributed by atoms with van der Waals surface area (Å²) in [5.41, 5.74) is 1.35. The highest BCUT2D eigenvalue weighted by molar-refractivity contribution is 7.19. The number of anilines is 1. The van der Waals surface area contributed by atoms with E-state index in [2.05, 4.69) is 22.9 Å². The van der Waals surface area contributed by atoms with E-state index in [0.29, 0.717) is 24.5 Å². The van der Waals surface area contributed by atoms with Gasteiger partial charge in [-0.1, -0.05) is 32.6 Å². The monoisotopic (exact) mass is 493 g/mol. The zero-order chi connectivity index (χ0) is 24.6. The molecule has 1 aliphatic heterocycles. The van der Waals surface area contributed by atoms with Gasteiger partial charge in [-0.05, 0) is 69.5 Å². The maximum Gasteiger partial charge on any atom is 0.275 e. The highest BCUT2D eigenvalue weighted by Gasteiger charge is 2.49. The Bertz CT molecular complexity index is 1220. The van der Waals surface area contributed by atoms with Gasteiger partial charge in [0.05, 0.1) is 23.4 Å². The summed E-state index contributed by atoms with van der Waals surface area (Å²) in [7, 11) is 0. The highest BCUT2D eigenvalue weighted by atomic mass is 32.1. The Kier molecular flexibility index (Phi) is 6.62. The molecule has 0 spiro atoms. The van der Waals surface area contributed by atoms with Crippen LogP contribution in [-0.2, 0) is 17.8 Å². The number of nitrogens with one attached hydrogen (secondary N) is 1. The summed E-state index contributed by atoms with van der Waals surface area (Å²) < 4.78 is 8.77. The van der Waals surface area contributed by atoms with Crippen LogP contribution in [-0.4, -0.2) is 34.6 Å². The highest BCUT2D eigenvalue weighted by Crippen LogP contribution is 2.39. The summed E-state index contributed by atoms with van der Waals surface area (Å²) in [5, 5.41) is 3.34. The first-order valence-corrected chi connectivity index (χ1v) is 13.8. The standard InChI is InChI=1S/C28H35N3O3S/c1-4-22-16-23-25(35-22)17-24-26(32)31(20-12-14-21(15-13-20)34-5-2)28(3,18-30(23)24)27(33)29-19-10-8-6-7-9-11-19/h12-17,19H,4-11,18H2,1-3H3,(H,29,33). The van der Waals surface area contributed by atoms with Crippen molar-refractivity contribution in [3.63, 3.8) is 0 Å². The molecule has 1 aliphatic carbocycles. The maximum atomic E-state index is 14.0. The fourth-order valence-corrected chi connectivity index (χ4v) is 6.57. The number of carbonyl (C=O) groups is 2. The molecule has 0 saturated heterocycles. The SMILES string of the molecule is CCOc1ccc(N2C(=O)c3cc4sc(CC)cc4n3CC2(C)C(=O)NC2CCCCCC2)cc1. The lowest BCUT2D eigenvalue weighted by Gasteiger charge is -2.44. The summed E-state index contributed by atoms with van der Waals surface area (Å²) in [5.74, 6) is 0.534. The Hall–Kier alpha value is -2.80. The van der Waals surface area contributed by atoms with E-state index in [1.807, 2.05) is 44.2 Å². The molecule has 0 bridgehead atoms. The third-order valence-corrected chi connectivity index (χ3v) is 8.67. The Morgan fingerprint density at radius 2 is 1.83 bits per heavy atom. The van der Waals surface area contributed by atoms with E-state index < -0.39 is 5.54 Å². The van der Waals surface area contributed by atoms with Crippen LogP contribution in [0.2, 0.25) is 0 Å². The van der Waals surface area contributed by atoms with Gasteiger partial charge < -0.3 is 14.6 Å². The average Bonchev–Trinajstić information content (AvgIpc) is 3.29. The van der Waals surface area contributed by atoms with Gasteiger partial charge in [0.15, 0.2) is 0 Å². The van der Waals surface area contributed by atoms with Crippen LogP contribution in [0.5, 0.6) is 5.75 Å². The molecule has 1 fully saturated rings. The first-order chi connectivity index (χ1) is 16.9. The summed E-state index contributed by atoms with van der Waals surface area (Å²) in [4.78, 5) is 31.0. The zero-order valence-corrected chi connectivity index (χ0v) is 21.7. The van der Waals surface area contributed by atoms with Gasteiger partial charge in [0, 0.05) is 16.6 Å². The molecular formula is C28H35N3O3S. The van der Waals surface area contributed by atoms with Crippen molar-refractivity contribution in [1.29, 1.82) is 0 Å². The molecule has 6 nitrogen and oxygen atoms in total. The van der Waals surface area contributed by atoms with Crippen LogP contribution >= 0.6 is 11.3 Å². The Morgan fingerprint density at radius 1 is 1.11 bits per heavy atom. The van der Waals surface area contributed by atoms with Crippen molar-refractivity contribution in [2.75, 3.05) is 11.5 Å². The second kappa shape index (κ2) is 9.69. The van der Waals surface area contributed by atoms with Crippen LogP contribution in [0, 0.1) is 0 Å².